The smallest absolute Gasteiger partial charge is 0.254 e. The quantitative estimate of drug-likeness (QED) is 0.731. The lowest BCUT2D eigenvalue weighted by Crippen LogP contribution is -2.58. The number of hydrogen-bond acceptors (Lipinski definition) is 5. The first kappa shape index (κ1) is 21.4. The van der Waals surface area contributed by atoms with E-state index < -0.39 is 6.04 Å². The van der Waals surface area contributed by atoms with Crippen molar-refractivity contribution in [2.75, 3.05) is 32.6 Å². The predicted octanol–water partition coefficient (Wildman–Crippen LogP) is 2.33. The zero-order chi connectivity index (χ0) is 21.7. The van der Waals surface area contributed by atoms with Crippen molar-refractivity contribution in [3.8, 4) is 11.5 Å². The van der Waals surface area contributed by atoms with Crippen molar-refractivity contribution in [1.82, 2.24) is 10.2 Å². The van der Waals surface area contributed by atoms with Crippen LogP contribution in [0.25, 0.3) is 0 Å². The van der Waals surface area contributed by atoms with E-state index >= 15 is 0 Å². The number of piperazine rings is 1. The van der Waals surface area contributed by atoms with Crippen molar-refractivity contribution in [3.63, 3.8) is 0 Å². The maximum Gasteiger partial charge on any atom is 0.254 e. The molecule has 1 aliphatic rings. The van der Waals surface area contributed by atoms with Gasteiger partial charge in [0.05, 0.1) is 20.6 Å². The third-order valence-corrected chi connectivity index (χ3v) is 4.98. The first-order valence-electron chi connectivity index (χ1n) is 9.29. The summed E-state index contributed by atoms with van der Waals surface area (Å²) >= 11 is 5.85. The highest BCUT2D eigenvalue weighted by Crippen LogP contribution is 2.28. The van der Waals surface area contributed by atoms with E-state index in [1.54, 1.807) is 42.5 Å². The van der Waals surface area contributed by atoms with Crippen LogP contribution in [-0.2, 0) is 9.59 Å². The number of nitrogens with zero attached hydrogens (tertiary/aromatic N) is 1. The fraction of sp³-hybridized carbons (Fsp3) is 0.286. The second-order valence-corrected chi connectivity index (χ2v) is 7.07. The van der Waals surface area contributed by atoms with Crippen LogP contribution in [-0.4, -0.2) is 56.0 Å². The van der Waals surface area contributed by atoms with Gasteiger partial charge in [-0.1, -0.05) is 11.6 Å². The Labute approximate surface area is 179 Å². The number of halogens is 1. The Hall–Kier alpha value is -3.26. The molecule has 1 aliphatic heterocycles. The maximum atomic E-state index is 13.1. The lowest BCUT2D eigenvalue weighted by molar-refractivity contribution is -0.131. The number of rotatable bonds is 6. The summed E-state index contributed by atoms with van der Waals surface area (Å²) < 4.78 is 10.4. The molecule has 0 aliphatic carbocycles. The topological polar surface area (TPSA) is 97.0 Å². The van der Waals surface area contributed by atoms with Gasteiger partial charge in [0, 0.05) is 29.4 Å². The largest absolute Gasteiger partial charge is 0.493 e. The molecule has 0 unspecified atom stereocenters. The van der Waals surface area contributed by atoms with Crippen LogP contribution in [0, 0.1) is 0 Å². The van der Waals surface area contributed by atoms with Crippen molar-refractivity contribution in [2.24, 2.45) is 0 Å². The lowest BCUT2D eigenvalue weighted by atomic mass is 10.1. The van der Waals surface area contributed by atoms with Gasteiger partial charge >= 0.3 is 0 Å². The highest BCUT2D eigenvalue weighted by Gasteiger charge is 2.35. The number of carbonyl (C=O) groups excluding carboxylic acids is 3. The van der Waals surface area contributed by atoms with Gasteiger partial charge in [0.2, 0.25) is 11.8 Å². The van der Waals surface area contributed by atoms with E-state index in [9.17, 15) is 14.4 Å². The summed E-state index contributed by atoms with van der Waals surface area (Å²) in [6.45, 7) is 0.602. The number of amides is 3. The monoisotopic (exact) mass is 431 g/mol. The summed E-state index contributed by atoms with van der Waals surface area (Å²) in [4.78, 5) is 39.5. The van der Waals surface area contributed by atoms with Gasteiger partial charge in [-0.3, -0.25) is 14.4 Å². The van der Waals surface area contributed by atoms with Crippen molar-refractivity contribution >= 4 is 35.0 Å². The van der Waals surface area contributed by atoms with Gasteiger partial charge < -0.3 is 25.0 Å². The summed E-state index contributed by atoms with van der Waals surface area (Å²) in [6, 6.07) is 10.5. The van der Waals surface area contributed by atoms with Gasteiger partial charge in [0.15, 0.2) is 11.5 Å². The highest BCUT2D eigenvalue weighted by molar-refractivity contribution is 6.30. The van der Waals surface area contributed by atoms with E-state index in [2.05, 4.69) is 10.6 Å². The second-order valence-electron chi connectivity index (χ2n) is 6.63. The zero-order valence-corrected chi connectivity index (χ0v) is 17.4. The third-order valence-electron chi connectivity index (χ3n) is 4.73. The Morgan fingerprint density at radius 3 is 2.50 bits per heavy atom. The fourth-order valence-corrected chi connectivity index (χ4v) is 3.34. The molecule has 9 heteroatoms. The normalized spacial score (nSPS) is 15.9. The molecule has 2 aromatic rings. The summed E-state index contributed by atoms with van der Waals surface area (Å²) in [6.07, 6.45) is -0.173. The van der Waals surface area contributed by atoms with Crippen LogP contribution in [0.1, 0.15) is 16.8 Å². The SMILES string of the molecule is COc1ccc(C(=O)N2CCNC(=O)[C@H]2CC(=O)Nc2ccc(Cl)cc2)cc1OC. The van der Waals surface area contributed by atoms with Gasteiger partial charge in [-0.15, -0.1) is 0 Å². The first-order chi connectivity index (χ1) is 14.4. The average molecular weight is 432 g/mol. The van der Waals surface area contributed by atoms with Gasteiger partial charge in [-0.25, -0.2) is 0 Å². The molecule has 0 bridgehead atoms. The summed E-state index contributed by atoms with van der Waals surface area (Å²) in [5.41, 5.74) is 0.892. The summed E-state index contributed by atoms with van der Waals surface area (Å²) in [5, 5.41) is 5.98. The Morgan fingerprint density at radius 2 is 1.83 bits per heavy atom. The van der Waals surface area contributed by atoms with E-state index in [1.807, 2.05) is 0 Å². The standard InChI is InChI=1S/C21H22ClN3O5/c1-29-17-8-3-13(11-18(17)30-2)21(28)25-10-9-23-20(27)16(25)12-19(26)24-15-6-4-14(22)5-7-15/h3-8,11,16H,9-10,12H2,1-2H3,(H,23,27)(H,24,26)/t16-/m1/s1. The first-order valence-corrected chi connectivity index (χ1v) is 9.67. The van der Waals surface area contributed by atoms with Crippen molar-refractivity contribution in [3.05, 3.63) is 53.1 Å². The van der Waals surface area contributed by atoms with Crippen LogP contribution in [0.4, 0.5) is 5.69 Å². The van der Waals surface area contributed by atoms with Crippen LogP contribution in [0.3, 0.4) is 0 Å². The van der Waals surface area contributed by atoms with E-state index in [1.165, 1.54) is 19.1 Å². The minimum Gasteiger partial charge on any atom is -0.493 e. The van der Waals surface area contributed by atoms with Gasteiger partial charge in [-0.2, -0.15) is 0 Å². The molecule has 2 N–H and O–H groups in total. The van der Waals surface area contributed by atoms with Crippen LogP contribution in [0.5, 0.6) is 11.5 Å². The molecule has 158 valence electrons. The molecule has 3 amide bonds. The molecule has 1 fully saturated rings. The number of hydrogen-bond donors (Lipinski definition) is 2. The van der Waals surface area contributed by atoms with Gasteiger partial charge in [-0.05, 0) is 42.5 Å². The number of ether oxygens (including phenoxy) is 2. The second kappa shape index (κ2) is 9.49. The minimum atomic E-state index is -0.924. The molecular weight excluding hydrogens is 410 g/mol. The molecule has 0 saturated carbocycles. The Morgan fingerprint density at radius 1 is 1.13 bits per heavy atom. The van der Waals surface area contributed by atoms with Crippen LogP contribution < -0.4 is 20.1 Å². The lowest BCUT2D eigenvalue weighted by Gasteiger charge is -2.34. The molecule has 30 heavy (non-hydrogen) atoms. The van der Waals surface area contributed by atoms with E-state index in [4.69, 9.17) is 21.1 Å². The Bertz CT molecular complexity index is 948. The van der Waals surface area contributed by atoms with E-state index in [-0.39, 0.29) is 30.7 Å². The number of nitrogens with one attached hydrogen (secondary N) is 2. The summed E-state index contributed by atoms with van der Waals surface area (Å²) in [7, 11) is 2.98. The minimum absolute atomic E-state index is 0.173. The highest BCUT2D eigenvalue weighted by atomic mass is 35.5. The predicted molar refractivity (Wildman–Crippen MR) is 112 cm³/mol. The fourth-order valence-electron chi connectivity index (χ4n) is 3.22. The molecule has 8 nitrogen and oxygen atoms in total. The molecule has 3 rings (SSSR count). The van der Waals surface area contributed by atoms with Gasteiger partial charge in [0.1, 0.15) is 6.04 Å². The van der Waals surface area contributed by atoms with E-state index in [0.717, 1.165) is 0 Å². The molecule has 2 aromatic carbocycles. The molecular formula is C21H22ClN3O5. The van der Waals surface area contributed by atoms with Crippen LogP contribution in [0.15, 0.2) is 42.5 Å². The summed E-state index contributed by atoms with van der Waals surface area (Å²) in [5.74, 6) is -0.230. The van der Waals surface area contributed by atoms with Crippen molar-refractivity contribution in [1.29, 1.82) is 0 Å². The molecule has 0 radical (unpaired) electrons. The van der Waals surface area contributed by atoms with Gasteiger partial charge in [0.25, 0.3) is 5.91 Å². The molecule has 0 spiro atoms. The third kappa shape index (κ3) is 4.83. The average Bonchev–Trinajstić information content (AvgIpc) is 2.75. The van der Waals surface area contributed by atoms with Crippen LogP contribution in [0.2, 0.25) is 5.02 Å². The van der Waals surface area contributed by atoms with E-state index in [0.29, 0.717) is 34.3 Å². The molecule has 1 saturated heterocycles. The number of anilines is 1. The Balaban J connectivity index is 1.77. The maximum absolute atomic E-state index is 13.1. The molecule has 1 atom stereocenters. The molecule has 0 aromatic heterocycles. The molecule has 1 heterocycles. The number of benzene rings is 2. The Kier molecular flexibility index (Phi) is 6.79. The van der Waals surface area contributed by atoms with Crippen molar-refractivity contribution in [2.45, 2.75) is 12.5 Å². The zero-order valence-electron chi connectivity index (χ0n) is 16.6. The number of carbonyl (C=O) groups is 3. The van der Waals surface area contributed by atoms with Crippen molar-refractivity contribution < 1.29 is 23.9 Å². The number of methoxy groups -OCH3 is 2. The van der Waals surface area contributed by atoms with Crippen LogP contribution >= 0.6 is 11.6 Å².